The van der Waals surface area contributed by atoms with E-state index in [0.717, 1.165) is 25.7 Å². The van der Waals surface area contributed by atoms with E-state index in [1.54, 1.807) is 0 Å². The van der Waals surface area contributed by atoms with Gasteiger partial charge in [0.15, 0.2) is 0 Å². The maximum atomic E-state index is 11.6. The molecule has 0 radical (unpaired) electrons. The highest BCUT2D eigenvalue weighted by atomic mass is 16.3. The van der Waals surface area contributed by atoms with Gasteiger partial charge in [0, 0.05) is 17.9 Å². The van der Waals surface area contributed by atoms with Gasteiger partial charge in [-0.3, -0.25) is 4.79 Å². The van der Waals surface area contributed by atoms with E-state index < -0.39 is 0 Å². The van der Waals surface area contributed by atoms with Crippen LogP contribution in [0.1, 0.15) is 46.0 Å². The predicted molar refractivity (Wildman–Crippen MR) is 60.5 cm³/mol. The Morgan fingerprint density at radius 1 is 1.40 bits per heavy atom. The highest BCUT2D eigenvalue weighted by molar-refractivity contribution is 5.79. The Bertz CT molecular complexity index is 199. The first-order valence-corrected chi connectivity index (χ1v) is 6.06. The summed E-state index contributed by atoms with van der Waals surface area (Å²) in [5, 5.41) is 12.3. The van der Waals surface area contributed by atoms with Crippen molar-refractivity contribution in [1.29, 1.82) is 0 Å². The number of amides is 1. The fourth-order valence-corrected chi connectivity index (χ4v) is 1.87. The Labute approximate surface area is 92.3 Å². The van der Waals surface area contributed by atoms with Gasteiger partial charge in [-0.1, -0.05) is 20.3 Å². The van der Waals surface area contributed by atoms with Crippen LogP contribution in [-0.2, 0) is 4.79 Å². The van der Waals surface area contributed by atoms with Crippen LogP contribution < -0.4 is 5.32 Å². The van der Waals surface area contributed by atoms with Crippen molar-refractivity contribution < 1.29 is 9.90 Å². The zero-order chi connectivity index (χ0) is 11.3. The minimum atomic E-state index is -0.112. The molecule has 2 N–H and O–H groups in total. The van der Waals surface area contributed by atoms with Crippen molar-refractivity contribution in [3.63, 3.8) is 0 Å². The fraction of sp³-hybridized carbons (Fsp3) is 0.917. The summed E-state index contributed by atoms with van der Waals surface area (Å²) in [5.41, 5.74) is -0.112. The molecule has 1 amide bonds. The molecule has 0 aromatic rings. The van der Waals surface area contributed by atoms with Crippen LogP contribution in [0.2, 0.25) is 0 Å². The normalized spacial score (nSPS) is 17.3. The number of hydrogen-bond acceptors (Lipinski definition) is 2. The van der Waals surface area contributed by atoms with Gasteiger partial charge in [-0.25, -0.2) is 0 Å². The van der Waals surface area contributed by atoms with E-state index in [4.69, 9.17) is 0 Å². The highest BCUT2D eigenvalue weighted by Crippen LogP contribution is 2.28. The maximum absolute atomic E-state index is 11.6. The largest absolute Gasteiger partial charge is 0.396 e. The highest BCUT2D eigenvalue weighted by Gasteiger charge is 2.29. The van der Waals surface area contributed by atoms with E-state index in [9.17, 15) is 9.90 Å². The van der Waals surface area contributed by atoms with Crippen molar-refractivity contribution in [2.24, 2.45) is 11.3 Å². The first-order chi connectivity index (χ1) is 7.17. The Balaban J connectivity index is 2.35. The van der Waals surface area contributed by atoms with Gasteiger partial charge in [-0.2, -0.15) is 0 Å². The summed E-state index contributed by atoms with van der Waals surface area (Å²) in [6, 6.07) is 0. The van der Waals surface area contributed by atoms with Gasteiger partial charge in [0.05, 0.1) is 6.61 Å². The van der Waals surface area contributed by atoms with Gasteiger partial charge in [0.25, 0.3) is 0 Å². The molecule has 1 saturated carbocycles. The zero-order valence-corrected chi connectivity index (χ0v) is 9.88. The number of rotatable bonds is 6. The smallest absolute Gasteiger partial charge is 0.223 e. The first kappa shape index (κ1) is 12.5. The summed E-state index contributed by atoms with van der Waals surface area (Å²) >= 11 is 0. The molecule has 0 aliphatic heterocycles. The molecule has 0 aromatic carbocycles. The second-order valence-corrected chi connectivity index (χ2v) is 4.71. The van der Waals surface area contributed by atoms with E-state index in [2.05, 4.69) is 19.2 Å². The summed E-state index contributed by atoms with van der Waals surface area (Å²) in [4.78, 5) is 11.6. The van der Waals surface area contributed by atoms with Crippen molar-refractivity contribution in [3.8, 4) is 0 Å². The lowest BCUT2D eigenvalue weighted by molar-refractivity contribution is -0.128. The lowest BCUT2D eigenvalue weighted by atomic mass is 9.81. The van der Waals surface area contributed by atoms with Gasteiger partial charge in [0.1, 0.15) is 0 Å². The molecule has 88 valence electrons. The molecule has 1 aliphatic carbocycles. The lowest BCUT2D eigenvalue weighted by Crippen LogP contribution is -2.43. The third-order valence-corrected chi connectivity index (χ3v) is 3.95. The van der Waals surface area contributed by atoms with Crippen LogP contribution >= 0.6 is 0 Å². The van der Waals surface area contributed by atoms with Crippen molar-refractivity contribution in [3.05, 3.63) is 0 Å². The molecule has 0 atom stereocenters. The summed E-state index contributed by atoms with van der Waals surface area (Å²) in [6.07, 6.45) is 5.08. The minimum Gasteiger partial charge on any atom is -0.396 e. The van der Waals surface area contributed by atoms with E-state index >= 15 is 0 Å². The minimum absolute atomic E-state index is 0.112. The van der Waals surface area contributed by atoms with E-state index in [1.165, 1.54) is 6.42 Å². The second kappa shape index (κ2) is 5.50. The summed E-state index contributed by atoms with van der Waals surface area (Å²) in [6.45, 7) is 4.90. The fourth-order valence-electron chi connectivity index (χ4n) is 1.87. The topological polar surface area (TPSA) is 49.3 Å². The molecule has 0 heterocycles. The number of aliphatic hydroxyl groups excluding tert-OH is 1. The quantitative estimate of drug-likeness (QED) is 0.705. The second-order valence-electron chi connectivity index (χ2n) is 4.71. The van der Waals surface area contributed by atoms with Crippen LogP contribution in [0, 0.1) is 11.3 Å². The standard InChI is InChI=1S/C12H23NO2/c1-3-12(4-2,9-14)8-13-11(15)10-6-5-7-10/h10,14H,3-9H2,1-2H3,(H,13,15). The Morgan fingerprint density at radius 3 is 2.33 bits per heavy atom. The molecule has 15 heavy (non-hydrogen) atoms. The Hall–Kier alpha value is -0.570. The molecule has 1 fully saturated rings. The molecular formula is C12H23NO2. The average molecular weight is 213 g/mol. The zero-order valence-electron chi connectivity index (χ0n) is 9.88. The van der Waals surface area contributed by atoms with Crippen LogP contribution in [0.4, 0.5) is 0 Å². The lowest BCUT2D eigenvalue weighted by Gasteiger charge is -2.31. The molecule has 0 bridgehead atoms. The van der Waals surface area contributed by atoms with Gasteiger partial charge in [-0.05, 0) is 25.7 Å². The molecule has 0 unspecified atom stereocenters. The summed E-state index contributed by atoms with van der Waals surface area (Å²) in [7, 11) is 0. The maximum Gasteiger partial charge on any atom is 0.223 e. The molecule has 1 rings (SSSR count). The Kier molecular flexibility index (Phi) is 4.58. The number of carbonyl (C=O) groups is 1. The van der Waals surface area contributed by atoms with Crippen LogP contribution in [0.5, 0.6) is 0 Å². The van der Waals surface area contributed by atoms with Crippen molar-refractivity contribution >= 4 is 5.91 Å². The Morgan fingerprint density at radius 2 is 2.00 bits per heavy atom. The van der Waals surface area contributed by atoms with Gasteiger partial charge < -0.3 is 10.4 Å². The van der Waals surface area contributed by atoms with Crippen LogP contribution in [0.3, 0.4) is 0 Å². The van der Waals surface area contributed by atoms with Gasteiger partial charge in [-0.15, -0.1) is 0 Å². The van der Waals surface area contributed by atoms with Crippen molar-refractivity contribution in [2.75, 3.05) is 13.2 Å². The molecule has 1 aliphatic rings. The predicted octanol–water partition coefficient (Wildman–Crippen LogP) is 1.70. The summed E-state index contributed by atoms with van der Waals surface area (Å²) in [5.74, 6) is 0.427. The third-order valence-electron chi connectivity index (χ3n) is 3.95. The van der Waals surface area contributed by atoms with E-state index in [0.29, 0.717) is 6.54 Å². The van der Waals surface area contributed by atoms with Crippen molar-refractivity contribution in [1.82, 2.24) is 5.32 Å². The monoisotopic (exact) mass is 213 g/mol. The molecule has 3 nitrogen and oxygen atoms in total. The molecule has 3 heteroatoms. The average Bonchev–Trinajstić information content (AvgIpc) is 2.18. The van der Waals surface area contributed by atoms with Gasteiger partial charge in [0.2, 0.25) is 5.91 Å². The number of hydrogen-bond donors (Lipinski definition) is 2. The van der Waals surface area contributed by atoms with Crippen molar-refractivity contribution in [2.45, 2.75) is 46.0 Å². The SMILES string of the molecule is CCC(CC)(CO)CNC(=O)C1CCC1. The number of carbonyl (C=O) groups excluding carboxylic acids is 1. The summed E-state index contributed by atoms with van der Waals surface area (Å²) < 4.78 is 0. The van der Waals surface area contributed by atoms with E-state index in [-0.39, 0.29) is 23.8 Å². The molecular weight excluding hydrogens is 190 g/mol. The van der Waals surface area contributed by atoms with Crippen LogP contribution in [0.25, 0.3) is 0 Å². The van der Waals surface area contributed by atoms with Crippen LogP contribution in [0.15, 0.2) is 0 Å². The molecule has 0 aromatic heterocycles. The third kappa shape index (κ3) is 2.94. The first-order valence-electron chi connectivity index (χ1n) is 6.06. The van der Waals surface area contributed by atoms with Gasteiger partial charge >= 0.3 is 0 Å². The van der Waals surface area contributed by atoms with E-state index in [1.807, 2.05) is 0 Å². The number of nitrogens with one attached hydrogen (secondary N) is 1. The molecule has 0 saturated heterocycles. The molecule has 0 spiro atoms. The number of aliphatic hydroxyl groups is 1. The van der Waals surface area contributed by atoms with Crippen LogP contribution in [-0.4, -0.2) is 24.2 Å².